The van der Waals surface area contributed by atoms with E-state index in [0.717, 1.165) is 23.3 Å². The number of aryl methyl sites for hydroxylation is 2. The van der Waals surface area contributed by atoms with Crippen LogP contribution in [0.15, 0.2) is 48.5 Å². The van der Waals surface area contributed by atoms with Crippen molar-refractivity contribution >= 4 is 23.6 Å². The molecular formula is C21H18N2O4. The van der Waals surface area contributed by atoms with Gasteiger partial charge in [0.05, 0.1) is 11.1 Å². The Kier molecular flexibility index (Phi) is 4.32. The molecule has 27 heavy (non-hydrogen) atoms. The van der Waals surface area contributed by atoms with Gasteiger partial charge >= 0.3 is 0 Å². The number of benzene rings is 2. The minimum absolute atomic E-state index is 0.117. The highest BCUT2D eigenvalue weighted by atomic mass is 16.2. The number of imide groups is 2. The van der Waals surface area contributed by atoms with Gasteiger partial charge in [0.1, 0.15) is 6.04 Å². The van der Waals surface area contributed by atoms with Gasteiger partial charge in [-0.2, -0.15) is 0 Å². The number of rotatable bonds is 4. The lowest BCUT2D eigenvalue weighted by Crippen LogP contribution is -2.54. The third-order valence-corrected chi connectivity index (χ3v) is 5.05. The van der Waals surface area contributed by atoms with Crippen molar-refractivity contribution in [3.05, 3.63) is 70.8 Å². The summed E-state index contributed by atoms with van der Waals surface area (Å²) in [6.07, 6.45) is 1.86. The molecule has 1 fully saturated rings. The van der Waals surface area contributed by atoms with Crippen molar-refractivity contribution in [2.24, 2.45) is 0 Å². The Balaban J connectivity index is 1.54. The van der Waals surface area contributed by atoms with Crippen LogP contribution < -0.4 is 5.32 Å². The van der Waals surface area contributed by atoms with Crippen LogP contribution in [0.3, 0.4) is 0 Å². The van der Waals surface area contributed by atoms with E-state index in [1.54, 1.807) is 12.1 Å². The van der Waals surface area contributed by atoms with Gasteiger partial charge in [0.15, 0.2) is 0 Å². The Morgan fingerprint density at radius 2 is 1.56 bits per heavy atom. The maximum absolute atomic E-state index is 12.8. The highest BCUT2D eigenvalue weighted by Gasteiger charge is 2.44. The van der Waals surface area contributed by atoms with E-state index in [4.69, 9.17) is 0 Å². The minimum atomic E-state index is -0.928. The molecule has 6 nitrogen and oxygen atoms in total. The van der Waals surface area contributed by atoms with Gasteiger partial charge in [-0.3, -0.25) is 29.4 Å². The van der Waals surface area contributed by atoms with Gasteiger partial charge in [0, 0.05) is 6.42 Å². The molecule has 2 aliphatic rings. The third kappa shape index (κ3) is 3.14. The minimum Gasteiger partial charge on any atom is -0.295 e. The molecule has 1 saturated heterocycles. The Labute approximate surface area is 156 Å². The van der Waals surface area contributed by atoms with Gasteiger partial charge in [0.2, 0.25) is 11.8 Å². The summed E-state index contributed by atoms with van der Waals surface area (Å²) in [6.45, 7) is 0. The van der Waals surface area contributed by atoms with E-state index < -0.39 is 23.8 Å². The molecule has 1 unspecified atom stereocenters. The largest absolute Gasteiger partial charge is 0.295 e. The van der Waals surface area contributed by atoms with Gasteiger partial charge < -0.3 is 0 Å². The number of carbonyl (C=O) groups is 4. The monoisotopic (exact) mass is 362 g/mol. The van der Waals surface area contributed by atoms with Gasteiger partial charge in [-0.25, -0.2) is 0 Å². The predicted molar refractivity (Wildman–Crippen MR) is 97.0 cm³/mol. The molecule has 0 aliphatic carbocycles. The second-order valence-corrected chi connectivity index (χ2v) is 6.81. The zero-order valence-electron chi connectivity index (χ0n) is 14.6. The van der Waals surface area contributed by atoms with Crippen LogP contribution >= 0.6 is 0 Å². The van der Waals surface area contributed by atoms with Gasteiger partial charge in [-0.15, -0.1) is 0 Å². The first kappa shape index (κ1) is 17.1. The average Bonchev–Trinajstić information content (AvgIpc) is 2.92. The molecule has 2 aliphatic heterocycles. The molecule has 2 heterocycles. The summed E-state index contributed by atoms with van der Waals surface area (Å²) in [5.74, 6) is -1.91. The molecule has 4 amide bonds. The van der Waals surface area contributed by atoms with E-state index in [0.29, 0.717) is 11.1 Å². The van der Waals surface area contributed by atoms with Crippen molar-refractivity contribution < 1.29 is 19.2 Å². The topological polar surface area (TPSA) is 83.6 Å². The van der Waals surface area contributed by atoms with Crippen molar-refractivity contribution in [1.29, 1.82) is 0 Å². The molecule has 0 radical (unpaired) electrons. The number of hydrogen-bond acceptors (Lipinski definition) is 4. The van der Waals surface area contributed by atoms with Crippen molar-refractivity contribution in [2.45, 2.75) is 31.7 Å². The first-order chi connectivity index (χ1) is 13.0. The SMILES string of the molecule is O=C1CCC(N2C(=O)c3ccc(CCc4ccccc4)cc3C2=O)C(=O)N1. The van der Waals surface area contributed by atoms with Crippen molar-refractivity contribution in [1.82, 2.24) is 10.2 Å². The average molecular weight is 362 g/mol. The molecular weight excluding hydrogens is 344 g/mol. The van der Waals surface area contributed by atoms with E-state index in [1.165, 1.54) is 5.56 Å². The van der Waals surface area contributed by atoms with Gasteiger partial charge in [-0.1, -0.05) is 36.4 Å². The summed E-state index contributed by atoms with van der Waals surface area (Å²) in [6, 6.07) is 14.3. The van der Waals surface area contributed by atoms with E-state index in [1.807, 2.05) is 36.4 Å². The van der Waals surface area contributed by atoms with Crippen molar-refractivity contribution in [3.63, 3.8) is 0 Å². The molecule has 6 heteroatoms. The number of fused-ring (bicyclic) bond motifs is 1. The zero-order chi connectivity index (χ0) is 19.0. The highest BCUT2D eigenvalue weighted by molar-refractivity contribution is 6.23. The highest BCUT2D eigenvalue weighted by Crippen LogP contribution is 2.28. The number of hydrogen-bond donors (Lipinski definition) is 1. The van der Waals surface area contributed by atoms with Crippen LogP contribution in [0.5, 0.6) is 0 Å². The van der Waals surface area contributed by atoms with Crippen LogP contribution in [0.4, 0.5) is 0 Å². The second kappa shape index (κ2) is 6.79. The third-order valence-electron chi connectivity index (χ3n) is 5.05. The number of carbonyl (C=O) groups excluding carboxylic acids is 4. The number of amides is 4. The lowest BCUT2D eigenvalue weighted by molar-refractivity contribution is -0.136. The maximum atomic E-state index is 12.8. The van der Waals surface area contributed by atoms with Crippen molar-refractivity contribution in [3.8, 4) is 0 Å². The summed E-state index contributed by atoms with van der Waals surface area (Å²) >= 11 is 0. The Morgan fingerprint density at radius 3 is 2.30 bits per heavy atom. The summed E-state index contributed by atoms with van der Waals surface area (Å²) < 4.78 is 0. The van der Waals surface area contributed by atoms with E-state index in [-0.39, 0.29) is 18.7 Å². The molecule has 1 atom stereocenters. The molecule has 1 N–H and O–H groups in total. The van der Waals surface area contributed by atoms with E-state index in [9.17, 15) is 19.2 Å². The Morgan fingerprint density at radius 1 is 0.852 bits per heavy atom. The lowest BCUT2D eigenvalue weighted by Gasteiger charge is -2.27. The standard InChI is InChI=1S/C21H18N2O4/c24-18-11-10-17(19(25)22-18)23-20(26)15-9-8-14(12-16(15)21(23)27)7-6-13-4-2-1-3-5-13/h1-5,8-9,12,17H,6-7,10-11H2,(H,22,24,25). The fourth-order valence-electron chi connectivity index (χ4n) is 3.61. The van der Waals surface area contributed by atoms with Crippen LogP contribution in [-0.4, -0.2) is 34.6 Å². The number of nitrogens with one attached hydrogen (secondary N) is 1. The molecule has 4 rings (SSSR count). The molecule has 0 saturated carbocycles. The molecule has 0 spiro atoms. The zero-order valence-corrected chi connectivity index (χ0v) is 14.6. The van der Waals surface area contributed by atoms with E-state index >= 15 is 0 Å². The van der Waals surface area contributed by atoms with Gasteiger partial charge in [0.25, 0.3) is 11.8 Å². The number of piperidine rings is 1. The smallest absolute Gasteiger partial charge is 0.262 e. The normalized spacial score (nSPS) is 19.3. The molecule has 136 valence electrons. The summed E-state index contributed by atoms with van der Waals surface area (Å²) in [4.78, 5) is 49.9. The molecule has 2 aromatic rings. The van der Waals surface area contributed by atoms with Crippen LogP contribution in [0.2, 0.25) is 0 Å². The van der Waals surface area contributed by atoms with Gasteiger partial charge in [-0.05, 0) is 42.5 Å². The fourth-order valence-corrected chi connectivity index (χ4v) is 3.61. The lowest BCUT2D eigenvalue weighted by atomic mass is 10.0. The molecule has 0 aromatic heterocycles. The molecule has 0 bridgehead atoms. The Bertz CT molecular complexity index is 952. The Hall–Kier alpha value is -3.28. The van der Waals surface area contributed by atoms with Crippen LogP contribution in [-0.2, 0) is 22.4 Å². The van der Waals surface area contributed by atoms with E-state index in [2.05, 4.69) is 5.32 Å². The summed E-state index contributed by atoms with van der Waals surface area (Å²) in [5, 5.41) is 2.20. The summed E-state index contributed by atoms with van der Waals surface area (Å²) in [5.41, 5.74) is 2.80. The summed E-state index contributed by atoms with van der Waals surface area (Å²) in [7, 11) is 0. The molecule has 2 aromatic carbocycles. The van der Waals surface area contributed by atoms with Crippen LogP contribution in [0.25, 0.3) is 0 Å². The fraction of sp³-hybridized carbons (Fsp3) is 0.238. The maximum Gasteiger partial charge on any atom is 0.262 e. The first-order valence-corrected chi connectivity index (χ1v) is 8.93. The number of nitrogens with zero attached hydrogens (tertiary/aromatic N) is 1. The van der Waals surface area contributed by atoms with Crippen molar-refractivity contribution in [2.75, 3.05) is 0 Å². The van der Waals surface area contributed by atoms with Crippen LogP contribution in [0.1, 0.15) is 44.7 Å². The predicted octanol–water partition coefficient (Wildman–Crippen LogP) is 1.87. The quantitative estimate of drug-likeness (QED) is 0.842. The second-order valence-electron chi connectivity index (χ2n) is 6.81. The first-order valence-electron chi connectivity index (χ1n) is 8.93. The van der Waals surface area contributed by atoms with Crippen LogP contribution in [0, 0.1) is 0 Å².